The smallest absolute Gasteiger partial charge is 0.255 e. The number of rotatable bonds is 7. The minimum atomic E-state index is -0.214. The van der Waals surface area contributed by atoms with Crippen molar-refractivity contribution in [3.05, 3.63) is 66.1 Å². The molecule has 2 aromatic heterocycles. The number of fused-ring (bicyclic) bond motifs is 2. The summed E-state index contributed by atoms with van der Waals surface area (Å²) in [6.45, 7) is 7.08. The lowest BCUT2D eigenvalue weighted by molar-refractivity contribution is 0.102. The number of hydrogen-bond donors (Lipinski definition) is 2. The number of amides is 1. The highest BCUT2D eigenvalue weighted by molar-refractivity contribution is 6.06. The van der Waals surface area contributed by atoms with E-state index in [2.05, 4.69) is 37.4 Å². The minimum Gasteiger partial charge on any atom is -0.453 e. The van der Waals surface area contributed by atoms with Gasteiger partial charge in [0.15, 0.2) is 17.1 Å². The van der Waals surface area contributed by atoms with Crippen LogP contribution in [0.2, 0.25) is 0 Å². The van der Waals surface area contributed by atoms with E-state index in [-0.39, 0.29) is 18.7 Å². The largest absolute Gasteiger partial charge is 0.453 e. The highest BCUT2D eigenvalue weighted by Gasteiger charge is 2.30. The Morgan fingerprint density at radius 1 is 1.05 bits per heavy atom. The summed E-state index contributed by atoms with van der Waals surface area (Å²) >= 11 is 0. The summed E-state index contributed by atoms with van der Waals surface area (Å²) in [6, 6.07) is 11.6. The van der Waals surface area contributed by atoms with Crippen molar-refractivity contribution in [2.75, 3.05) is 44.0 Å². The van der Waals surface area contributed by atoms with Gasteiger partial charge < -0.3 is 25.4 Å². The summed E-state index contributed by atoms with van der Waals surface area (Å²) in [6.07, 6.45) is 10.2. The van der Waals surface area contributed by atoms with Crippen LogP contribution >= 0.6 is 0 Å². The first-order valence-electron chi connectivity index (χ1n) is 15.0. The van der Waals surface area contributed by atoms with Crippen LogP contribution in [0.1, 0.15) is 54.6 Å². The van der Waals surface area contributed by atoms with Crippen molar-refractivity contribution in [3.63, 3.8) is 0 Å². The molecule has 222 valence electrons. The van der Waals surface area contributed by atoms with Crippen LogP contribution in [0.4, 0.5) is 11.5 Å². The second kappa shape index (κ2) is 11.6. The lowest BCUT2D eigenvalue weighted by Gasteiger charge is -2.32. The van der Waals surface area contributed by atoms with Gasteiger partial charge in [-0.2, -0.15) is 5.10 Å². The summed E-state index contributed by atoms with van der Waals surface area (Å²) in [7, 11) is 0. The highest BCUT2D eigenvalue weighted by atomic mass is 16.7. The molecule has 4 aromatic rings. The van der Waals surface area contributed by atoms with Gasteiger partial charge in [0.25, 0.3) is 5.91 Å². The summed E-state index contributed by atoms with van der Waals surface area (Å²) < 4.78 is 13.8. The van der Waals surface area contributed by atoms with E-state index in [0.717, 1.165) is 45.6 Å². The third-order valence-corrected chi connectivity index (χ3v) is 8.49. The first-order valence-corrected chi connectivity index (χ1v) is 15.0. The van der Waals surface area contributed by atoms with E-state index in [9.17, 15) is 4.79 Å². The molecule has 11 nitrogen and oxygen atoms in total. The molecule has 0 radical (unpaired) electrons. The maximum atomic E-state index is 13.2. The molecule has 0 spiro atoms. The van der Waals surface area contributed by atoms with Crippen LogP contribution in [0.5, 0.6) is 11.5 Å². The number of hydrogen-bond acceptors (Lipinski definition) is 9. The standard InChI is InChI=1S/C32H36N8O3/c1-2-13-38-16-5-6-23(18-38)40-31-26(30(33)34-19-35-31)27(37-40)24-11-12-25(29-28(24)42-20-43-29)36-32(41)22-9-7-21(8-10-22)17-39-14-3-4-15-39/h2,7-13,19,23H,3-6,14-18,20H2,1H3,(H,36,41)(H2,33,34,35)/t23-/m1/s1. The lowest BCUT2D eigenvalue weighted by atomic mass is 10.1. The Labute approximate surface area is 250 Å². The number of ether oxygens (including phenoxy) is 2. The molecule has 3 aliphatic rings. The van der Waals surface area contributed by atoms with E-state index in [1.807, 2.05) is 48.0 Å². The van der Waals surface area contributed by atoms with E-state index >= 15 is 0 Å². The van der Waals surface area contributed by atoms with Crippen LogP contribution in [-0.2, 0) is 6.54 Å². The molecule has 0 unspecified atom stereocenters. The minimum absolute atomic E-state index is 0.0337. The number of likely N-dealkylation sites (tertiary alicyclic amines) is 2. The number of piperidine rings is 1. The van der Waals surface area contributed by atoms with Crippen LogP contribution in [0.3, 0.4) is 0 Å². The zero-order valence-electron chi connectivity index (χ0n) is 24.3. The van der Waals surface area contributed by atoms with Gasteiger partial charge in [-0.05, 0) is 81.7 Å². The molecule has 0 bridgehead atoms. The van der Waals surface area contributed by atoms with E-state index in [4.69, 9.17) is 20.3 Å². The van der Waals surface area contributed by atoms with Crippen molar-refractivity contribution >= 4 is 28.4 Å². The number of benzene rings is 2. The fraction of sp³-hybridized carbons (Fsp3) is 0.375. The van der Waals surface area contributed by atoms with Crippen molar-refractivity contribution in [2.24, 2.45) is 0 Å². The maximum Gasteiger partial charge on any atom is 0.255 e. The number of nitrogens with two attached hydrogens (primary N) is 1. The van der Waals surface area contributed by atoms with Gasteiger partial charge in [0.05, 0.1) is 17.1 Å². The normalized spacial score (nSPS) is 18.6. The number of aromatic nitrogens is 4. The monoisotopic (exact) mass is 580 g/mol. The van der Waals surface area contributed by atoms with Crippen molar-refractivity contribution < 1.29 is 14.3 Å². The SMILES string of the molecule is CC=CN1CCC[C@@H](n2nc(-c3ccc(NC(=O)c4ccc(CN5CCCC5)cc4)c4c3OCO4)c3c(N)ncnc32)C1. The molecule has 0 aliphatic carbocycles. The fourth-order valence-corrected chi connectivity index (χ4v) is 6.40. The first-order chi connectivity index (χ1) is 21.1. The first kappa shape index (κ1) is 27.2. The number of anilines is 2. The molecule has 5 heterocycles. The van der Waals surface area contributed by atoms with Gasteiger partial charge in [-0.3, -0.25) is 9.69 Å². The Morgan fingerprint density at radius 2 is 1.86 bits per heavy atom. The maximum absolute atomic E-state index is 13.2. The van der Waals surface area contributed by atoms with Crippen molar-refractivity contribution in [3.8, 4) is 22.8 Å². The van der Waals surface area contributed by atoms with Gasteiger partial charge in [0.2, 0.25) is 6.79 Å². The number of allylic oxidation sites excluding steroid dienone is 1. The van der Waals surface area contributed by atoms with E-state index in [1.54, 1.807) is 0 Å². The summed E-state index contributed by atoms with van der Waals surface area (Å²) in [5.74, 6) is 1.11. The number of carbonyl (C=O) groups is 1. The van der Waals surface area contributed by atoms with Gasteiger partial charge in [0.1, 0.15) is 17.8 Å². The van der Waals surface area contributed by atoms with Gasteiger partial charge >= 0.3 is 0 Å². The number of nitrogen functional groups attached to an aromatic ring is 1. The van der Waals surface area contributed by atoms with Crippen LogP contribution in [0, 0.1) is 0 Å². The lowest BCUT2D eigenvalue weighted by Crippen LogP contribution is -2.33. The molecule has 1 amide bonds. The molecular weight excluding hydrogens is 544 g/mol. The Morgan fingerprint density at radius 3 is 2.67 bits per heavy atom. The van der Waals surface area contributed by atoms with E-state index in [1.165, 1.54) is 24.7 Å². The Hall–Kier alpha value is -4.64. The second-order valence-electron chi connectivity index (χ2n) is 11.4. The van der Waals surface area contributed by atoms with Crippen molar-refractivity contribution in [2.45, 2.75) is 45.2 Å². The zero-order valence-corrected chi connectivity index (χ0v) is 24.3. The average Bonchev–Trinajstić information content (AvgIpc) is 3.79. The third kappa shape index (κ3) is 5.25. The zero-order chi connectivity index (χ0) is 29.3. The van der Waals surface area contributed by atoms with Crippen molar-refractivity contribution in [1.82, 2.24) is 29.5 Å². The molecule has 3 N–H and O–H groups in total. The number of nitrogens with one attached hydrogen (secondary N) is 1. The third-order valence-electron chi connectivity index (χ3n) is 8.49. The molecular formula is C32H36N8O3. The van der Waals surface area contributed by atoms with Crippen LogP contribution < -0.4 is 20.5 Å². The van der Waals surface area contributed by atoms with E-state index < -0.39 is 0 Å². The van der Waals surface area contributed by atoms with Crippen LogP contribution in [0.15, 0.2) is 55.0 Å². The highest BCUT2D eigenvalue weighted by Crippen LogP contribution is 2.48. The average molecular weight is 581 g/mol. The van der Waals surface area contributed by atoms with Gasteiger partial charge in [-0.25, -0.2) is 14.6 Å². The summed E-state index contributed by atoms with van der Waals surface area (Å²) in [5.41, 5.74) is 10.8. The quantitative estimate of drug-likeness (QED) is 0.317. The Kier molecular flexibility index (Phi) is 7.32. The second-order valence-corrected chi connectivity index (χ2v) is 11.4. The van der Waals surface area contributed by atoms with Gasteiger partial charge in [-0.15, -0.1) is 0 Å². The predicted molar refractivity (Wildman–Crippen MR) is 165 cm³/mol. The molecule has 2 fully saturated rings. The molecule has 1 atom stereocenters. The Balaban J connectivity index is 1.18. The van der Waals surface area contributed by atoms with Crippen molar-refractivity contribution in [1.29, 1.82) is 0 Å². The molecule has 0 saturated carbocycles. The molecule has 7 rings (SSSR count). The number of carbonyl (C=O) groups excluding carboxylic acids is 1. The topological polar surface area (TPSA) is 124 Å². The fourth-order valence-electron chi connectivity index (χ4n) is 6.40. The van der Waals surface area contributed by atoms with Gasteiger partial charge in [-0.1, -0.05) is 18.2 Å². The molecule has 3 aliphatic heterocycles. The number of nitrogens with zero attached hydrogens (tertiary/aromatic N) is 6. The Bertz CT molecular complexity index is 1680. The summed E-state index contributed by atoms with van der Waals surface area (Å²) in [4.78, 5) is 26.8. The molecule has 2 aromatic carbocycles. The summed E-state index contributed by atoms with van der Waals surface area (Å²) in [5, 5.41) is 8.74. The molecule has 11 heteroatoms. The molecule has 2 saturated heterocycles. The predicted octanol–water partition coefficient (Wildman–Crippen LogP) is 4.82. The van der Waals surface area contributed by atoms with E-state index in [0.29, 0.717) is 50.9 Å². The van der Waals surface area contributed by atoms with Crippen LogP contribution in [-0.4, -0.2) is 68.4 Å². The molecule has 43 heavy (non-hydrogen) atoms. The van der Waals surface area contributed by atoms with Crippen LogP contribution in [0.25, 0.3) is 22.3 Å². The van der Waals surface area contributed by atoms with Gasteiger partial charge in [0, 0.05) is 30.8 Å².